The molecule has 0 aliphatic carbocycles. The lowest BCUT2D eigenvalue weighted by Crippen LogP contribution is -2.39. The molecule has 0 radical (unpaired) electrons. The largest absolute Gasteiger partial charge is 0.481 e. The van der Waals surface area contributed by atoms with E-state index < -0.39 is 16.1 Å². The molecule has 0 fully saturated rings. The summed E-state index contributed by atoms with van der Waals surface area (Å²) in [6.45, 7) is 2.81. The first kappa shape index (κ1) is 20.4. The van der Waals surface area contributed by atoms with Gasteiger partial charge in [-0.05, 0) is 49.4 Å². The third-order valence-corrected chi connectivity index (χ3v) is 5.98. The number of benzene rings is 2. The SMILES string of the molecule is COCCN1Cc2cc(NS(=O)(=O)c3ccc(Cl)cc3)ccc2OC(C)C1=O. The maximum atomic E-state index is 12.6. The molecule has 2 aromatic rings. The number of ether oxygens (including phenoxy) is 2. The Kier molecular flexibility index (Phi) is 6.12. The summed E-state index contributed by atoms with van der Waals surface area (Å²) in [6, 6.07) is 10.8. The molecule has 0 spiro atoms. The number of rotatable bonds is 6. The number of methoxy groups -OCH3 is 1. The summed E-state index contributed by atoms with van der Waals surface area (Å²) in [5.74, 6) is 0.409. The van der Waals surface area contributed by atoms with Crippen molar-refractivity contribution in [2.75, 3.05) is 25.0 Å². The zero-order chi connectivity index (χ0) is 20.3. The zero-order valence-corrected chi connectivity index (χ0v) is 17.1. The van der Waals surface area contributed by atoms with E-state index in [-0.39, 0.29) is 10.8 Å². The van der Waals surface area contributed by atoms with Crippen LogP contribution in [0.25, 0.3) is 0 Å². The number of nitrogens with one attached hydrogen (secondary N) is 1. The van der Waals surface area contributed by atoms with Gasteiger partial charge < -0.3 is 14.4 Å². The van der Waals surface area contributed by atoms with E-state index in [9.17, 15) is 13.2 Å². The third kappa shape index (κ3) is 4.57. The summed E-state index contributed by atoms with van der Waals surface area (Å²) in [7, 11) is -2.20. The molecule has 1 heterocycles. The lowest BCUT2D eigenvalue weighted by molar-refractivity contribution is -0.138. The number of carbonyl (C=O) groups is 1. The fourth-order valence-electron chi connectivity index (χ4n) is 2.88. The van der Waals surface area contributed by atoms with Gasteiger partial charge in [-0.1, -0.05) is 11.6 Å². The normalized spacial score (nSPS) is 16.9. The second-order valence-corrected chi connectivity index (χ2v) is 8.51. The maximum absolute atomic E-state index is 12.6. The van der Waals surface area contributed by atoms with Gasteiger partial charge in [-0.3, -0.25) is 9.52 Å². The number of fused-ring (bicyclic) bond motifs is 1. The van der Waals surface area contributed by atoms with Crippen LogP contribution in [0.3, 0.4) is 0 Å². The van der Waals surface area contributed by atoms with Crippen LogP contribution in [0.15, 0.2) is 47.4 Å². The highest BCUT2D eigenvalue weighted by molar-refractivity contribution is 7.92. The van der Waals surface area contributed by atoms with Crippen LogP contribution in [-0.2, 0) is 26.1 Å². The Morgan fingerprint density at radius 1 is 1.25 bits per heavy atom. The number of nitrogens with zero attached hydrogens (tertiary/aromatic N) is 1. The van der Waals surface area contributed by atoms with Gasteiger partial charge in [-0.15, -0.1) is 0 Å². The molecule has 1 aliphatic heterocycles. The van der Waals surface area contributed by atoms with E-state index >= 15 is 0 Å². The van der Waals surface area contributed by atoms with Crippen molar-refractivity contribution in [2.24, 2.45) is 0 Å². The number of carbonyl (C=O) groups excluding carboxylic acids is 1. The quantitative estimate of drug-likeness (QED) is 0.770. The molecular weight excluding hydrogens is 404 g/mol. The average Bonchev–Trinajstić information content (AvgIpc) is 2.77. The third-order valence-electron chi connectivity index (χ3n) is 4.33. The number of halogens is 1. The smallest absolute Gasteiger partial charge is 0.263 e. The van der Waals surface area contributed by atoms with Gasteiger partial charge in [0, 0.05) is 36.5 Å². The van der Waals surface area contributed by atoms with Crippen LogP contribution in [-0.4, -0.2) is 45.6 Å². The Morgan fingerprint density at radius 2 is 1.96 bits per heavy atom. The summed E-state index contributed by atoms with van der Waals surface area (Å²) in [4.78, 5) is 14.2. The first-order valence-electron chi connectivity index (χ1n) is 8.66. The predicted octanol–water partition coefficient (Wildman–Crippen LogP) is 2.90. The molecule has 150 valence electrons. The molecule has 28 heavy (non-hydrogen) atoms. The van der Waals surface area contributed by atoms with E-state index in [1.807, 2.05) is 0 Å². The summed E-state index contributed by atoms with van der Waals surface area (Å²) < 4.78 is 38.5. The molecule has 1 aliphatic rings. The molecule has 0 aromatic heterocycles. The van der Waals surface area contributed by atoms with Crippen molar-refractivity contribution in [3.8, 4) is 5.75 Å². The van der Waals surface area contributed by atoms with E-state index in [2.05, 4.69) is 4.72 Å². The minimum Gasteiger partial charge on any atom is -0.481 e. The van der Waals surface area contributed by atoms with Crippen molar-refractivity contribution >= 4 is 33.2 Å². The van der Waals surface area contributed by atoms with E-state index in [1.165, 1.54) is 24.3 Å². The Labute approximate surface area is 169 Å². The number of sulfonamides is 1. The number of hydrogen-bond acceptors (Lipinski definition) is 5. The van der Waals surface area contributed by atoms with Crippen molar-refractivity contribution in [2.45, 2.75) is 24.5 Å². The molecule has 3 rings (SSSR count). The molecule has 0 saturated carbocycles. The zero-order valence-electron chi connectivity index (χ0n) is 15.5. The van der Waals surface area contributed by atoms with Gasteiger partial charge in [0.1, 0.15) is 5.75 Å². The highest BCUT2D eigenvalue weighted by Crippen LogP contribution is 2.29. The van der Waals surface area contributed by atoms with E-state index in [1.54, 1.807) is 37.1 Å². The molecule has 1 atom stereocenters. The summed E-state index contributed by atoms with van der Waals surface area (Å²) >= 11 is 5.82. The Hall–Kier alpha value is -2.29. The average molecular weight is 425 g/mol. The van der Waals surface area contributed by atoms with Crippen molar-refractivity contribution in [1.82, 2.24) is 4.90 Å². The molecular formula is C19H21ClN2O5S. The lowest BCUT2D eigenvalue weighted by Gasteiger charge is -2.21. The Balaban J connectivity index is 1.86. The minimum atomic E-state index is -3.76. The van der Waals surface area contributed by atoms with Crippen LogP contribution in [0.1, 0.15) is 12.5 Å². The van der Waals surface area contributed by atoms with Crippen molar-refractivity contribution in [3.63, 3.8) is 0 Å². The first-order chi connectivity index (χ1) is 13.3. The highest BCUT2D eigenvalue weighted by atomic mass is 35.5. The van der Waals surface area contributed by atoms with E-state index in [0.29, 0.717) is 41.7 Å². The summed E-state index contributed by atoms with van der Waals surface area (Å²) in [6.07, 6.45) is -0.630. The van der Waals surface area contributed by atoms with Gasteiger partial charge in [0.25, 0.3) is 15.9 Å². The first-order valence-corrected chi connectivity index (χ1v) is 10.5. The fourth-order valence-corrected chi connectivity index (χ4v) is 4.06. The number of amides is 1. The van der Waals surface area contributed by atoms with Crippen molar-refractivity contribution in [3.05, 3.63) is 53.1 Å². The van der Waals surface area contributed by atoms with Crippen LogP contribution in [0, 0.1) is 0 Å². The van der Waals surface area contributed by atoms with Crippen molar-refractivity contribution in [1.29, 1.82) is 0 Å². The summed E-state index contributed by atoms with van der Waals surface area (Å²) in [5, 5.41) is 0.455. The standard InChI is InChI=1S/C19H21ClN2O5S/c1-13-19(23)22(9-10-26-2)12-14-11-16(5-8-18(14)27-13)21-28(24,25)17-6-3-15(20)4-7-17/h3-8,11,13,21H,9-10,12H2,1-2H3. The maximum Gasteiger partial charge on any atom is 0.263 e. The fraction of sp³-hybridized carbons (Fsp3) is 0.316. The Bertz CT molecular complexity index is 963. The molecule has 1 unspecified atom stereocenters. The predicted molar refractivity (Wildman–Crippen MR) is 106 cm³/mol. The Morgan fingerprint density at radius 3 is 2.64 bits per heavy atom. The molecule has 1 amide bonds. The van der Waals surface area contributed by atoms with E-state index in [4.69, 9.17) is 21.1 Å². The molecule has 0 bridgehead atoms. The van der Waals surface area contributed by atoms with Crippen LogP contribution in [0.5, 0.6) is 5.75 Å². The summed E-state index contributed by atoms with van der Waals surface area (Å²) in [5.41, 5.74) is 1.09. The van der Waals surface area contributed by atoms with Gasteiger partial charge in [0.15, 0.2) is 6.10 Å². The van der Waals surface area contributed by atoms with Gasteiger partial charge >= 0.3 is 0 Å². The highest BCUT2D eigenvalue weighted by Gasteiger charge is 2.28. The lowest BCUT2D eigenvalue weighted by atomic mass is 10.1. The van der Waals surface area contributed by atoms with Crippen LogP contribution in [0.4, 0.5) is 5.69 Å². The number of hydrogen-bond donors (Lipinski definition) is 1. The van der Waals surface area contributed by atoms with E-state index in [0.717, 1.165) is 0 Å². The van der Waals surface area contributed by atoms with Gasteiger partial charge in [0.05, 0.1) is 11.5 Å². The van der Waals surface area contributed by atoms with Gasteiger partial charge in [-0.25, -0.2) is 8.42 Å². The topological polar surface area (TPSA) is 84.9 Å². The molecule has 7 nitrogen and oxygen atoms in total. The minimum absolute atomic E-state index is 0.105. The van der Waals surface area contributed by atoms with Crippen molar-refractivity contribution < 1.29 is 22.7 Å². The van der Waals surface area contributed by atoms with Gasteiger partial charge in [0.2, 0.25) is 0 Å². The van der Waals surface area contributed by atoms with Crippen LogP contribution < -0.4 is 9.46 Å². The number of anilines is 1. The molecule has 1 N–H and O–H groups in total. The molecule has 9 heteroatoms. The monoisotopic (exact) mass is 424 g/mol. The second-order valence-electron chi connectivity index (χ2n) is 6.39. The van der Waals surface area contributed by atoms with Crippen LogP contribution >= 0.6 is 11.6 Å². The van der Waals surface area contributed by atoms with Crippen LogP contribution in [0.2, 0.25) is 5.02 Å². The van der Waals surface area contributed by atoms with Gasteiger partial charge in [-0.2, -0.15) is 0 Å². The molecule has 2 aromatic carbocycles. The molecule has 0 saturated heterocycles. The second kappa shape index (κ2) is 8.38.